The molecule has 0 aliphatic heterocycles. The maximum absolute atomic E-state index is 3.83. The lowest BCUT2D eigenvalue weighted by Crippen LogP contribution is -1.73. The standard InChI is InChI=1S/C10H15N/c1-4-5-6-7-8-10(2)9-11-3/h5-9H,2,4H2,1,3H3/b6-5-,8-7-,11-9?. The third-order valence-corrected chi connectivity index (χ3v) is 1.09. The van der Waals surface area contributed by atoms with E-state index in [0.29, 0.717) is 0 Å². The van der Waals surface area contributed by atoms with Crippen LogP contribution in [0.3, 0.4) is 0 Å². The van der Waals surface area contributed by atoms with Crippen molar-refractivity contribution in [1.29, 1.82) is 0 Å². The number of hydrogen-bond donors (Lipinski definition) is 0. The molecule has 0 aliphatic rings. The van der Waals surface area contributed by atoms with Crippen molar-refractivity contribution in [3.05, 3.63) is 36.5 Å². The summed E-state index contributed by atoms with van der Waals surface area (Å²) in [5, 5.41) is 0. The fourth-order valence-corrected chi connectivity index (χ4v) is 0.603. The zero-order valence-electron chi connectivity index (χ0n) is 7.25. The zero-order valence-corrected chi connectivity index (χ0v) is 7.25. The smallest absolute Gasteiger partial charge is 0.0277 e. The highest BCUT2D eigenvalue weighted by molar-refractivity contribution is 5.81. The van der Waals surface area contributed by atoms with E-state index in [1.807, 2.05) is 18.2 Å². The van der Waals surface area contributed by atoms with Crippen LogP contribution < -0.4 is 0 Å². The number of rotatable bonds is 4. The molecule has 0 aliphatic carbocycles. The molecule has 1 nitrogen and oxygen atoms in total. The molecule has 0 aromatic heterocycles. The van der Waals surface area contributed by atoms with Gasteiger partial charge in [0.25, 0.3) is 0 Å². The molecule has 1 heteroatoms. The molecule has 0 saturated carbocycles. The summed E-state index contributed by atoms with van der Waals surface area (Å²) in [6.45, 7) is 5.88. The Morgan fingerprint density at radius 2 is 2.18 bits per heavy atom. The molecule has 0 heterocycles. The molecule has 0 rings (SSSR count). The second-order valence-electron chi connectivity index (χ2n) is 2.16. The summed E-state index contributed by atoms with van der Waals surface area (Å²) in [5.41, 5.74) is 0.924. The van der Waals surface area contributed by atoms with Crippen molar-refractivity contribution in [2.45, 2.75) is 13.3 Å². The third kappa shape index (κ3) is 6.78. The van der Waals surface area contributed by atoms with Crippen LogP contribution in [0.1, 0.15) is 13.3 Å². The van der Waals surface area contributed by atoms with Crippen LogP contribution in [0.15, 0.2) is 41.4 Å². The Morgan fingerprint density at radius 1 is 1.45 bits per heavy atom. The summed E-state index contributed by atoms with van der Waals surface area (Å²) in [6, 6.07) is 0. The predicted molar refractivity (Wildman–Crippen MR) is 52.1 cm³/mol. The van der Waals surface area contributed by atoms with E-state index in [0.717, 1.165) is 12.0 Å². The monoisotopic (exact) mass is 149 g/mol. The van der Waals surface area contributed by atoms with Gasteiger partial charge in [-0.15, -0.1) is 0 Å². The fourth-order valence-electron chi connectivity index (χ4n) is 0.603. The van der Waals surface area contributed by atoms with Crippen molar-refractivity contribution >= 4 is 6.21 Å². The van der Waals surface area contributed by atoms with Gasteiger partial charge in [-0.3, -0.25) is 4.99 Å². The van der Waals surface area contributed by atoms with Gasteiger partial charge in [0.15, 0.2) is 0 Å². The normalized spacial score (nSPS) is 12.2. The molecule has 0 fully saturated rings. The van der Waals surface area contributed by atoms with E-state index in [9.17, 15) is 0 Å². The van der Waals surface area contributed by atoms with Crippen LogP contribution >= 0.6 is 0 Å². The van der Waals surface area contributed by atoms with Crippen LogP contribution in [0.25, 0.3) is 0 Å². The Morgan fingerprint density at radius 3 is 2.73 bits per heavy atom. The van der Waals surface area contributed by atoms with Gasteiger partial charge in [-0.2, -0.15) is 0 Å². The molecule has 0 atom stereocenters. The first kappa shape index (κ1) is 9.89. The quantitative estimate of drug-likeness (QED) is 0.430. The van der Waals surface area contributed by atoms with Crippen LogP contribution in [0, 0.1) is 0 Å². The van der Waals surface area contributed by atoms with E-state index in [1.54, 1.807) is 13.3 Å². The minimum absolute atomic E-state index is 0.924. The van der Waals surface area contributed by atoms with Crippen molar-refractivity contribution in [3.63, 3.8) is 0 Å². The van der Waals surface area contributed by atoms with Crippen molar-refractivity contribution in [2.24, 2.45) is 4.99 Å². The van der Waals surface area contributed by atoms with Crippen LogP contribution in [0.4, 0.5) is 0 Å². The highest BCUT2D eigenvalue weighted by Gasteiger charge is 1.75. The molecule has 0 N–H and O–H groups in total. The van der Waals surface area contributed by atoms with E-state index in [-0.39, 0.29) is 0 Å². The summed E-state index contributed by atoms with van der Waals surface area (Å²) >= 11 is 0. The molecule has 60 valence electrons. The van der Waals surface area contributed by atoms with E-state index < -0.39 is 0 Å². The van der Waals surface area contributed by atoms with Crippen molar-refractivity contribution in [2.75, 3.05) is 7.05 Å². The van der Waals surface area contributed by atoms with Gasteiger partial charge in [-0.25, -0.2) is 0 Å². The molecule has 11 heavy (non-hydrogen) atoms. The topological polar surface area (TPSA) is 12.4 Å². The number of allylic oxidation sites excluding steroid dienone is 5. The summed E-state index contributed by atoms with van der Waals surface area (Å²) < 4.78 is 0. The van der Waals surface area contributed by atoms with Gasteiger partial charge < -0.3 is 0 Å². The predicted octanol–water partition coefficient (Wildman–Crippen LogP) is 2.77. The van der Waals surface area contributed by atoms with Gasteiger partial charge in [-0.05, 0) is 12.0 Å². The Labute approximate surface area is 68.9 Å². The lowest BCUT2D eigenvalue weighted by atomic mass is 10.3. The average molecular weight is 149 g/mol. The van der Waals surface area contributed by atoms with Gasteiger partial charge in [0.2, 0.25) is 0 Å². The van der Waals surface area contributed by atoms with Crippen molar-refractivity contribution in [3.8, 4) is 0 Å². The van der Waals surface area contributed by atoms with Crippen LogP contribution in [0.2, 0.25) is 0 Å². The third-order valence-electron chi connectivity index (χ3n) is 1.09. The molecule has 0 unspecified atom stereocenters. The molecule has 0 amide bonds. The lowest BCUT2D eigenvalue weighted by molar-refractivity contribution is 1.22. The van der Waals surface area contributed by atoms with Crippen molar-refractivity contribution < 1.29 is 0 Å². The summed E-state index contributed by atoms with van der Waals surface area (Å²) in [5.74, 6) is 0. The Bertz CT molecular complexity index is 185. The Hall–Kier alpha value is -1.11. The summed E-state index contributed by atoms with van der Waals surface area (Å²) in [4.78, 5) is 3.83. The SMILES string of the molecule is C=C(C=NC)/C=C\C=C/CC. The molecular formula is C10H15N. The van der Waals surface area contributed by atoms with Gasteiger partial charge in [0.1, 0.15) is 0 Å². The highest BCUT2D eigenvalue weighted by atomic mass is 14.6. The fraction of sp³-hybridized carbons (Fsp3) is 0.300. The average Bonchev–Trinajstić information content (AvgIpc) is 1.99. The second-order valence-corrected chi connectivity index (χ2v) is 2.16. The van der Waals surface area contributed by atoms with Gasteiger partial charge >= 0.3 is 0 Å². The maximum atomic E-state index is 3.83. The van der Waals surface area contributed by atoms with Crippen LogP contribution in [0.5, 0.6) is 0 Å². The lowest BCUT2D eigenvalue weighted by Gasteiger charge is -1.83. The highest BCUT2D eigenvalue weighted by Crippen LogP contribution is 1.89. The van der Waals surface area contributed by atoms with Crippen molar-refractivity contribution in [1.82, 2.24) is 0 Å². The van der Waals surface area contributed by atoms with E-state index in [4.69, 9.17) is 0 Å². The molecule has 0 bridgehead atoms. The molecule has 0 spiro atoms. The second kappa shape index (κ2) is 7.00. The minimum atomic E-state index is 0.924. The van der Waals surface area contributed by atoms with E-state index >= 15 is 0 Å². The molecule has 0 aromatic rings. The largest absolute Gasteiger partial charge is 0.296 e. The van der Waals surface area contributed by atoms with E-state index in [2.05, 4.69) is 24.6 Å². The van der Waals surface area contributed by atoms with Gasteiger partial charge in [-0.1, -0.05) is 37.8 Å². The number of hydrogen-bond acceptors (Lipinski definition) is 1. The van der Waals surface area contributed by atoms with Gasteiger partial charge in [0, 0.05) is 13.3 Å². The minimum Gasteiger partial charge on any atom is -0.296 e. The molecule has 0 aromatic carbocycles. The molecular weight excluding hydrogens is 134 g/mol. The van der Waals surface area contributed by atoms with Gasteiger partial charge in [0.05, 0.1) is 0 Å². The number of nitrogens with zero attached hydrogens (tertiary/aromatic N) is 1. The summed E-state index contributed by atoms with van der Waals surface area (Å²) in [7, 11) is 1.74. The first-order valence-electron chi connectivity index (χ1n) is 3.75. The first-order valence-corrected chi connectivity index (χ1v) is 3.75. The Balaban J connectivity index is 3.74. The Kier molecular flexibility index (Phi) is 6.30. The number of aliphatic imine (C=N–C) groups is 1. The molecule has 0 radical (unpaired) electrons. The molecule has 0 saturated heterocycles. The zero-order chi connectivity index (χ0) is 8.53. The van der Waals surface area contributed by atoms with E-state index in [1.165, 1.54) is 0 Å². The first-order chi connectivity index (χ1) is 5.31. The maximum Gasteiger partial charge on any atom is 0.0277 e. The summed E-state index contributed by atoms with van der Waals surface area (Å²) in [6.07, 6.45) is 10.8. The van der Waals surface area contributed by atoms with Crippen LogP contribution in [-0.4, -0.2) is 13.3 Å². The van der Waals surface area contributed by atoms with Crippen LogP contribution in [-0.2, 0) is 0 Å².